The molecule has 15 heteroatoms. The predicted molar refractivity (Wildman–Crippen MR) is 308 cm³/mol. The second-order valence-electron chi connectivity index (χ2n) is 18.8. The van der Waals surface area contributed by atoms with Gasteiger partial charge >= 0.3 is 5.97 Å². The highest BCUT2D eigenvalue weighted by molar-refractivity contribution is 5.96. The first-order valence-corrected chi connectivity index (χ1v) is 25.6. The number of ether oxygens (including phenoxy) is 8. The zero-order valence-electron chi connectivity index (χ0n) is 46.7. The number of carbonyl (C=O) groups excluding carboxylic acids is 5. The van der Waals surface area contributed by atoms with Crippen LogP contribution in [-0.2, 0) is 44.5 Å². The minimum absolute atomic E-state index is 0.113. The van der Waals surface area contributed by atoms with Crippen molar-refractivity contribution in [2.24, 2.45) is 33.9 Å². The summed E-state index contributed by atoms with van der Waals surface area (Å²) in [5, 5.41) is 9.25. The number of nitrogens with zero attached hydrogens (tertiary/aromatic N) is 2. The Kier molecular flexibility index (Phi) is 32.6. The van der Waals surface area contributed by atoms with Gasteiger partial charge < -0.3 is 37.9 Å². The molecule has 0 saturated heterocycles. The van der Waals surface area contributed by atoms with Crippen molar-refractivity contribution in [1.29, 1.82) is 0 Å². The van der Waals surface area contributed by atoms with Crippen molar-refractivity contribution in [3.05, 3.63) is 176 Å². The molecule has 0 radical (unpaired) electrons. The SMILES string of the molecule is C=CC=O.C=CC=O.C=CC=O.COCCCCOCC(COc1ccc(C=O)cc1)OC.COc1ccc(CCOC(=O)c2ccc(OC(C)(C)CC(C)(C)OC)cc2)cc1/C=N/N=C1C2C=CC=CC2C2C=CC=CC12. The van der Waals surface area contributed by atoms with Crippen LogP contribution in [0.25, 0.3) is 0 Å². The molecule has 15 nitrogen and oxygen atoms in total. The molecule has 3 aliphatic carbocycles. The largest absolute Gasteiger partial charge is 0.496 e. The summed E-state index contributed by atoms with van der Waals surface area (Å²) in [6.07, 6.45) is 28.6. The third kappa shape index (κ3) is 25.2. The van der Waals surface area contributed by atoms with Crippen LogP contribution in [0.2, 0.25) is 0 Å². The highest BCUT2D eigenvalue weighted by Gasteiger charge is 2.44. The number of hydrogen-bond donors (Lipinski definition) is 0. The van der Waals surface area contributed by atoms with Crippen LogP contribution < -0.4 is 14.2 Å². The fraction of sp³-hybridized carbons (Fsp3) is 0.381. The highest BCUT2D eigenvalue weighted by atomic mass is 16.6. The van der Waals surface area contributed by atoms with Gasteiger partial charge in [0, 0.05) is 70.3 Å². The number of aldehydes is 4. The van der Waals surface area contributed by atoms with Gasteiger partial charge in [-0.2, -0.15) is 10.2 Å². The standard InChI is InChI=1S/C38H44N2O5.C16H24O5.3C3H4O/c1-37(2,43-6)25-38(3,4)45-29-18-16-27(17-19-29)36(41)44-22-21-26-15-20-34(42-5)28(23-26)24-39-40-35-32-13-9-7-11-30(32)31-12-8-10-14-33(31)35;1-18-9-3-4-10-20-12-16(19-2)13-21-15-7-5-14(11-17)6-8-15;3*1-2-3-4/h7-20,23-24,30-33H,21-22,25H2,1-6H3;5-8,11,16H,3-4,9-10,12-13H2,1-2H3;3*2-3H,1H2/b39-24+,40-35?;;;;. The first kappa shape index (κ1) is 66.7. The summed E-state index contributed by atoms with van der Waals surface area (Å²) >= 11 is 0. The number of hydrogen-bond acceptors (Lipinski definition) is 15. The summed E-state index contributed by atoms with van der Waals surface area (Å²) in [6, 6.07) is 19.9. The molecule has 3 aliphatic rings. The molecule has 0 spiro atoms. The normalized spacial score (nSPS) is 16.7. The van der Waals surface area contributed by atoms with Crippen LogP contribution in [-0.4, -0.2) is 122 Å². The van der Waals surface area contributed by atoms with Crippen LogP contribution in [0.1, 0.15) is 78.8 Å². The second kappa shape index (κ2) is 38.2. The van der Waals surface area contributed by atoms with Crippen molar-refractivity contribution < 1.29 is 61.9 Å². The van der Waals surface area contributed by atoms with Gasteiger partial charge in [-0.1, -0.05) is 74.4 Å². The molecule has 5 atom stereocenters. The van der Waals surface area contributed by atoms with Crippen LogP contribution in [0.15, 0.2) is 164 Å². The van der Waals surface area contributed by atoms with Gasteiger partial charge in [0.05, 0.1) is 43.4 Å². The number of rotatable bonds is 27. The monoisotopic (exact) mass is 1070 g/mol. The predicted octanol–water partition coefficient (Wildman–Crippen LogP) is 11.0. The van der Waals surface area contributed by atoms with Gasteiger partial charge in [0.2, 0.25) is 0 Å². The maximum Gasteiger partial charge on any atom is 0.338 e. The summed E-state index contributed by atoms with van der Waals surface area (Å²) in [6.45, 7) is 20.1. The van der Waals surface area contributed by atoms with Gasteiger partial charge in [-0.05, 0) is 137 Å². The van der Waals surface area contributed by atoms with E-state index in [9.17, 15) is 9.59 Å². The van der Waals surface area contributed by atoms with Crippen molar-refractivity contribution in [3.8, 4) is 17.2 Å². The van der Waals surface area contributed by atoms with Gasteiger partial charge in [-0.15, -0.1) is 0 Å². The lowest BCUT2D eigenvalue weighted by atomic mass is 9.83. The molecule has 420 valence electrons. The van der Waals surface area contributed by atoms with Gasteiger partial charge in [-0.25, -0.2) is 4.79 Å². The molecular weight excluding hydrogens is 993 g/mol. The number of benzene rings is 3. The molecule has 5 unspecified atom stereocenters. The Balaban J connectivity index is 0.000000520. The molecule has 0 bridgehead atoms. The fourth-order valence-corrected chi connectivity index (χ4v) is 8.27. The Morgan fingerprint density at radius 3 is 1.77 bits per heavy atom. The van der Waals surface area contributed by atoms with E-state index in [-0.39, 0.29) is 36.1 Å². The molecule has 0 amide bonds. The number of unbranched alkanes of at least 4 members (excludes halogenated alkanes) is 1. The average Bonchev–Trinajstić information content (AvgIpc) is 3.84. The molecular formula is C63H80N2O13. The molecule has 6 rings (SSSR count). The smallest absolute Gasteiger partial charge is 0.338 e. The lowest BCUT2D eigenvalue weighted by Crippen LogP contribution is -2.38. The van der Waals surface area contributed by atoms with Crippen LogP contribution in [0.5, 0.6) is 17.2 Å². The average molecular weight is 1070 g/mol. The number of esters is 1. The van der Waals surface area contributed by atoms with Crippen molar-refractivity contribution in [3.63, 3.8) is 0 Å². The van der Waals surface area contributed by atoms with Crippen LogP contribution in [0.4, 0.5) is 0 Å². The van der Waals surface area contributed by atoms with Crippen molar-refractivity contribution >= 4 is 43.0 Å². The number of fused-ring (bicyclic) bond motifs is 3. The fourth-order valence-electron chi connectivity index (χ4n) is 8.27. The van der Waals surface area contributed by atoms with Crippen molar-refractivity contribution in [1.82, 2.24) is 0 Å². The van der Waals surface area contributed by atoms with E-state index in [1.807, 2.05) is 45.9 Å². The van der Waals surface area contributed by atoms with Crippen LogP contribution in [0, 0.1) is 23.7 Å². The van der Waals surface area contributed by atoms with E-state index in [1.165, 1.54) is 18.2 Å². The van der Waals surface area contributed by atoms with E-state index in [1.54, 1.807) is 83.2 Å². The quantitative estimate of drug-likeness (QED) is 0.0176. The Morgan fingerprint density at radius 1 is 0.679 bits per heavy atom. The molecule has 3 aromatic carbocycles. The van der Waals surface area contributed by atoms with Crippen molar-refractivity contribution in [2.45, 2.75) is 70.7 Å². The summed E-state index contributed by atoms with van der Waals surface area (Å²) in [4.78, 5) is 50.5. The third-order valence-electron chi connectivity index (χ3n) is 11.9. The Bertz CT molecular complexity index is 2400. The topological polar surface area (TPSA) is 184 Å². The maximum atomic E-state index is 12.7. The molecule has 0 N–H and O–H groups in total. The first-order valence-electron chi connectivity index (χ1n) is 25.6. The number of allylic oxidation sites excluding steroid dienone is 11. The van der Waals surface area contributed by atoms with E-state index < -0.39 is 5.60 Å². The zero-order chi connectivity index (χ0) is 57.6. The van der Waals surface area contributed by atoms with Gasteiger partial charge in [0.15, 0.2) is 0 Å². The molecule has 3 aromatic rings. The summed E-state index contributed by atoms with van der Waals surface area (Å²) in [7, 11) is 6.67. The highest BCUT2D eigenvalue weighted by Crippen LogP contribution is 2.45. The van der Waals surface area contributed by atoms with E-state index in [4.69, 9.17) is 57.4 Å². The molecule has 0 aliphatic heterocycles. The maximum absolute atomic E-state index is 12.7. The molecule has 0 heterocycles. The second-order valence-corrected chi connectivity index (χ2v) is 18.8. The van der Waals surface area contributed by atoms with E-state index in [0.717, 1.165) is 42.6 Å². The van der Waals surface area contributed by atoms with E-state index in [0.29, 0.717) is 91.7 Å². The molecule has 1 saturated carbocycles. The summed E-state index contributed by atoms with van der Waals surface area (Å²) in [5.74, 6) is 3.05. The Morgan fingerprint density at radius 2 is 1.24 bits per heavy atom. The minimum Gasteiger partial charge on any atom is -0.496 e. The third-order valence-corrected chi connectivity index (χ3v) is 11.9. The lowest BCUT2D eigenvalue weighted by molar-refractivity contribution is -0.104. The first-order chi connectivity index (χ1) is 37.6. The summed E-state index contributed by atoms with van der Waals surface area (Å²) in [5.41, 5.74) is 3.27. The van der Waals surface area contributed by atoms with Crippen LogP contribution >= 0.6 is 0 Å². The van der Waals surface area contributed by atoms with Gasteiger partial charge in [0.25, 0.3) is 0 Å². The Hall–Kier alpha value is -7.43. The molecule has 1 fully saturated rings. The number of methoxy groups -OCH3 is 4. The molecule has 0 aromatic heterocycles. The van der Waals surface area contributed by atoms with Crippen molar-refractivity contribution in [2.75, 3.05) is 61.5 Å². The summed E-state index contributed by atoms with van der Waals surface area (Å²) < 4.78 is 44.4. The molecule has 78 heavy (non-hydrogen) atoms. The van der Waals surface area contributed by atoms with E-state index in [2.05, 4.69) is 73.4 Å². The van der Waals surface area contributed by atoms with Gasteiger partial charge in [0.1, 0.15) is 60.7 Å². The van der Waals surface area contributed by atoms with Gasteiger partial charge in [-0.3, -0.25) is 19.2 Å². The lowest BCUT2D eigenvalue weighted by Gasteiger charge is -2.34. The van der Waals surface area contributed by atoms with E-state index >= 15 is 0 Å². The minimum atomic E-state index is -0.437. The zero-order valence-corrected chi connectivity index (χ0v) is 46.7. The van der Waals surface area contributed by atoms with Crippen LogP contribution in [0.3, 0.4) is 0 Å². The Labute approximate surface area is 462 Å². The number of carbonyl (C=O) groups is 5.